The summed E-state index contributed by atoms with van der Waals surface area (Å²) in [6.45, 7) is 7.98. The fourth-order valence-electron chi connectivity index (χ4n) is 3.06. The Morgan fingerprint density at radius 2 is 1.62 bits per heavy atom. The second kappa shape index (κ2) is 9.78. The number of carbonyl (C=O) groups is 2. The molecule has 0 bridgehead atoms. The van der Waals surface area contributed by atoms with Crippen LogP contribution in [0, 0.1) is 0 Å². The molecular formula is C23H27N3O3. The Balaban J connectivity index is 1.45. The average molecular weight is 393 g/mol. The number of carbonyl (C=O) groups excluding carboxylic acids is 2. The van der Waals surface area contributed by atoms with E-state index in [2.05, 4.69) is 17.2 Å². The van der Waals surface area contributed by atoms with Gasteiger partial charge >= 0.3 is 0 Å². The second-order valence-electron chi connectivity index (χ2n) is 7.25. The van der Waals surface area contributed by atoms with Crippen molar-refractivity contribution in [1.82, 2.24) is 4.90 Å². The van der Waals surface area contributed by atoms with E-state index in [0.717, 1.165) is 42.9 Å². The number of hydrogen-bond acceptors (Lipinski definition) is 4. The second-order valence-corrected chi connectivity index (χ2v) is 7.25. The summed E-state index contributed by atoms with van der Waals surface area (Å²) in [5, 5.41) is 5.91. The van der Waals surface area contributed by atoms with Gasteiger partial charge in [-0.25, -0.2) is 0 Å². The minimum atomic E-state index is -0.161. The maximum Gasteiger partial charge on any atom is 0.253 e. The number of nitrogens with one attached hydrogen (secondary N) is 2. The standard InChI is InChI=1S/C23H27N3O3/c1-17(2)16-29-21-11-9-19(10-12-21)24-15-22(27)25-20-7-5-18(6-8-20)23(28)26-13-3-4-14-26/h5-12,24H,1,3-4,13-16H2,2H3,(H,25,27). The normalized spacial score (nSPS) is 13.1. The van der Waals surface area contributed by atoms with Crippen LogP contribution >= 0.6 is 0 Å². The first-order chi connectivity index (χ1) is 14.0. The number of hydrogen-bond donors (Lipinski definition) is 2. The Bertz CT molecular complexity index is 854. The molecule has 1 saturated heterocycles. The summed E-state index contributed by atoms with van der Waals surface area (Å²) in [7, 11) is 0. The number of ether oxygens (including phenoxy) is 1. The minimum absolute atomic E-state index is 0.0534. The van der Waals surface area contributed by atoms with Crippen LogP contribution in [0.2, 0.25) is 0 Å². The topological polar surface area (TPSA) is 70.7 Å². The highest BCUT2D eigenvalue weighted by Gasteiger charge is 2.19. The molecule has 0 aliphatic carbocycles. The third-order valence-corrected chi connectivity index (χ3v) is 4.60. The molecule has 1 heterocycles. The van der Waals surface area contributed by atoms with Gasteiger partial charge in [-0.1, -0.05) is 6.58 Å². The molecule has 0 unspecified atom stereocenters. The van der Waals surface area contributed by atoms with Crippen molar-refractivity contribution in [1.29, 1.82) is 0 Å². The summed E-state index contributed by atoms with van der Waals surface area (Å²) in [6, 6.07) is 14.4. The molecule has 0 spiro atoms. The summed E-state index contributed by atoms with van der Waals surface area (Å²) in [5.74, 6) is 0.649. The molecule has 2 amide bonds. The zero-order valence-electron chi connectivity index (χ0n) is 16.7. The smallest absolute Gasteiger partial charge is 0.253 e. The van der Waals surface area contributed by atoms with Crippen molar-refractivity contribution in [3.05, 3.63) is 66.2 Å². The molecule has 0 atom stereocenters. The molecule has 3 rings (SSSR count). The predicted octanol–water partition coefficient (Wildman–Crippen LogP) is 3.93. The van der Waals surface area contributed by atoms with Crippen LogP contribution in [-0.4, -0.2) is 43.0 Å². The van der Waals surface area contributed by atoms with E-state index in [1.165, 1.54) is 0 Å². The Hall–Kier alpha value is -3.28. The molecule has 2 aromatic rings. The van der Waals surface area contributed by atoms with Crippen LogP contribution in [0.4, 0.5) is 11.4 Å². The lowest BCUT2D eigenvalue weighted by molar-refractivity contribution is -0.114. The van der Waals surface area contributed by atoms with Crippen LogP contribution in [0.5, 0.6) is 5.75 Å². The van der Waals surface area contributed by atoms with Crippen LogP contribution in [0.25, 0.3) is 0 Å². The highest BCUT2D eigenvalue weighted by Crippen LogP contribution is 2.17. The number of benzene rings is 2. The molecule has 1 aliphatic rings. The van der Waals surface area contributed by atoms with Crippen LogP contribution in [0.15, 0.2) is 60.7 Å². The van der Waals surface area contributed by atoms with Crippen molar-refractivity contribution < 1.29 is 14.3 Å². The summed E-state index contributed by atoms with van der Waals surface area (Å²) < 4.78 is 5.55. The molecule has 0 saturated carbocycles. The number of likely N-dealkylation sites (tertiary alicyclic amines) is 1. The lowest BCUT2D eigenvalue weighted by Crippen LogP contribution is -2.27. The van der Waals surface area contributed by atoms with Gasteiger partial charge in [-0.3, -0.25) is 9.59 Å². The van der Waals surface area contributed by atoms with Gasteiger partial charge in [0.15, 0.2) is 0 Å². The van der Waals surface area contributed by atoms with Gasteiger partial charge in [0.05, 0.1) is 6.54 Å². The third kappa shape index (κ3) is 6.10. The SMILES string of the molecule is C=C(C)COc1ccc(NCC(=O)Nc2ccc(C(=O)N3CCCC3)cc2)cc1. The van der Waals surface area contributed by atoms with Crippen molar-refractivity contribution in [2.75, 3.05) is 36.9 Å². The number of amides is 2. The van der Waals surface area contributed by atoms with Crippen molar-refractivity contribution in [2.24, 2.45) is 0 Å². The fourth-order valence-corrected chi connectivity index (χ4v) is 3.06. The van der Waals surface area contributed by atoms with Gasteiger partial charge in [0.25, 0.3) is 5.91 Å². The average Bonchev–Trinajstić information content (AvgIpc) is 3.26. The predicted molar refractivity (Wildman–Crippen MR) is 115 cm³/mol. The third-order valence-electron chi connectivity index (χ3n) is 4.60. The van der Waals surface area contributed by atoms with E-state index in [0.29, 0.717) is 17.9 Å². The first kappa shape index (κ1) is 20.5. The van der Waals surface area contributed by atoms with Crippen molar-refractivity contribution in [2.45, 2.75) is 19.8 Å². The summed E-state index contributed by atoms with van der Waals surface area (Å²) in [6.07, 6.45) is 2.13. The van der Waals surface area contributed by atoms with E-state index in [9.17, 15) is 9.59 Å². The molecule has 1 fully saturated rings. The molecular weight excluding hydrogens is 366 g/mol. The zero-order valence-corrected chi connectivity index (χ0v) is 16.7. The van der Waals surface area contributed by atoms with Crippen LogP contribution in [0.1, 0.15) is 30.1 Å². The zero-order chi connectivity index (χ0) is 20.6. The van der Waals surface area contributed by atoms with E-state index in [1.807, 2.05) is 36.1 Å². The Morgan fingerprint density at radius 1 is 1.00 bits per heavy atom. The van der Waals surface area contributed by atoms with Crippen molar-refractivity contribution >= 4 is 23.2 Å². The molecule has 0 aromatic heterocycles. The van der Waals surface area contributed by atoms with Gasteiger partial charge in [-0.05, 0) is 73.9 Å². The summed E-state index contributed by atoms with van der Waals surface area (Å²) in [4.78, 5) is 26.4. The molecule has 0 radical (unpaired) electrons. The maximum atomic E-state index is 12.4. The Kier molecular flexibility index (Phi) is 6.89. The first-order valence-corrected chi connectivity index (χ1v) is 9.81. The maximum absolute atomic E-state index is 12.4. The number of nitrogens with zero attached hydrogens (tertiary/aromatic N) is 1. The lowest BCUT2D eigenvalue weighted by Gasteiger charge is -2.15. The van der Waals surface area contributed by atoms with E-state index >= 15 is 0 Å². The van der Waals surface area contributed by atoms with Crippen molar-refractivity contribution in [3.8, 4) is 5.75 Å². The molecule has 152 valence electrons. The van der Waals surface area contributed by atoms with Crippen molar-refractivity contribution in [3.63, 3.8) is 0 Å². The van der Waals surface area contributed by atoms with Gasteiger partial charge in [-0.2, -0.15) is 0 Å². The summed E-state index contributed by atoms with van der Waals surface area (Å²) in [5.41, 5.74) is 3.10. The van der Waals surface area contributed by atoms with Gasteiger partial charge in [0.1, 0.15) is 12.4 Å². The molecule has 2 aromatic carbocycles. The molecule has 2 N–H and O–H groups in total. The van der Waals surface area contributed by atoms with E-state index in [4.69, 9.17) is 4.74 Å². The first-order valence-electron chi connectivity index (χ1n) is 9.81. The number of rotatable bonds is 8. The largest absolute Gasteiger partial charge is 0.489 e. The van der Waals surface area contributed by atoms with E-state index in [1.54, 1.807) is 24.3 Å². The molecule has 29 heavy (non-hydrogen) atoms. The lowest BCUT2D eigenvalue weighted by atomic mass is 10.2. The van der Waals surface area contributed by atoms with E-state index < -0.39 is 0 Å². The quantitative estimate of drug-likeness (QED) is 0.667. The number of anilines is 2. The van der Waals surface area contributed by atoms with Gasteiger partial charge in [-0.15, -0.1) is 0 Å². The van der Waals surface area contributed by atoms with E-state index in [-0.39, 0.29) is 18.4 Å². The summed E-state index contributed by atoms with van der Waals surface area (Å²) >= 11 is 0. The van der Waals surface area contributed by atoms with Crippen LogP contribution in [0.3, 0.4) is 0 Å². The Labute approximate surface area is 171 Å². The fraction of sp³-hybridized carbons (Fsp3) is 0.304. The Morgan fingerprint density at radius 3 is 2.24 bits per heavy atom. The molecule has 1 aliphatic heterocycles. The minimum Gasteiger partial charge on any atom is -0.489 e. The molecule has 6 nitrogen and oxygen atoms in total. The van der Waals surface area contributed by atoms with Crippen LogP contribution in [-0.2, 0) is 4.79 Å². The van der Waals surface area contributed by atoms with Gasteiger partial charge in [0.2, 0.25) is 5.91 Å². The van der Waals surface area contributed by atoms with Gasteiger partial charge < -0.3 is 20.3 Å². The monoisotopic (exact) mass is 393 g/mol. The highest BCUT2D eigenvalue weighted by atomic mass is 16.5. The highest BCUT2D eigenvalue weighted by molar-refractivity contribution is 5.96. The van der Waals surface area contributed by atoms with Gasteiger partial charge in [0, 0.05) is 30.0 Å². The van der Waals surface area contributed by atoms with Crippen LogP contribution < -0.4 is 15.4 Å². The molecule has 6 heteroatoms.